The molecule has 0 aliphatic heterocycles. The number of rotatable bonds is 7. The van der Waals surface area contributed by atoms with Gasteiger partial charge >= 0.3 is 126 Å². The van der Waals surface area contributed by atoms with Crippen LogP contribution in [0.15, 0.2) is 180 Å². The molecule has 3 aromatic heterocycles. The molecule has 0 atom stereocenters. The van der Waals surface area contributed by atoms with E-state index < -0.39 is 13.3 Å². The quantitative estimate of drug-likeness (QED) is 0.0908. The molecule has 4 nitrogen and oxygen atoms in total. The molecule has 0 fully saturated rings. The van der Waals surface area contributed by atoms with Gasteiger partial charge in [0.15, 0.2) is 0 Å². The number of nitrogens with zero attached hydrogens (tertiary/aromatic N) is 3. The molecule has 311 valence electrons. The molecular formula is C57H47GeIrN3O-2. The number of pyridine rings is 1. The Kier molecular flexibility index (Phi) is 11.8. The Bertz CT molecular complexity index is 3400. The van der Waals surface area contributed by atoms with Gasteiger partial charge < -0.3 is 8.98 Å². The average Bonchev–Trinajstić information content (AvgIpc) is 3.89. The molecule has 63 heavy (non-hydrogen) atoms. The number of para-hydroxylation sites is 1. The third-order valence-electron chi connectivity index (χ3n) is 11.7. The number of benzene rings is 8. The zero-order valence-corrected chi connectivity index (χ0v) is 40.6. The predicted molar refractivity (Wildman–Crippen MR) is 263 cm³/mol. The molecule has 6 heteroatoms. The van der Waals surface area contributed by atoms with Crippen LogP contribution >= 0.6 is 0 Å². The first-order valence-corrected chi connectivity index (χ1v) is 28.8. The van der Waals surface area contributed by atoms with Crippen molar-refractivity contribution in [2.75, 3.05) is 0 Å². The molecule has 0 N–H and O–H groups in total. The summed E-state index contributed by atoms with van der Waals surface area (Å²) in [5.41, 5.74) is 11.5. The van der Waals surface area contributed by atoms with E-state index in [4.69, 9.17) is 14.4 Å². The molecule has 11 aromatic rings. The van der Waals surface area contributed by atoms with Gasteiger partial charge in [0, 0.05) is 36.6 Å². The van der Waals surface area contributed by atoms with Crippen molar-refractivity contribution in [2.24, 2.45) is 5.92 Å². The molecule has 0 bridgehead atoms. The Balaban J connectivity index is 0.000000204. The van der Waals surface area contributed by atoms with Crippen LogP contribution in [0.3, 0.4) is 0 Å². The van der Waals surface area contributed by atoms with Crippen molar-refractivity contribution < 1.29 is 24.5 Å². The summed E-state index contributed by atoms with van der Waals surface area (Å²) in [5, 5.41) is 6.92. The number of hydrogen-bond acceptors (Lipinski definition) is 3. The summed E-state index contributed by atoms with van der Waals surface area (Å²) in [6.45, 7) is 4.57. The van der Waals surface area contributed by atoms with Gasteiger partial charge in [-0.1, -0.05) is 114 Å². The first-order valence-electron chi connectivity index (χ1n) is 21.5. The number of aromatic nitrogens is 3. The van der Waals surface area contributed by atoms with E-state index in [-0.39, 0.29) is 20.1 Å². The second-order valence-corrected chi connectivity index (χ2v) is 28.1. The number of fused-ring (bicyclic) bond motifs is 8. The van der Waals surface area contributed by atoms with Crippen LogP contribution in [0.2, 0.25) is 17.3 Å². The van der Waals surface area contributed by atoms with Gasteiger partial charge in [0.05, 0.1) is 22.4 Å². The second-order valence-electron chi connectivity index (χ2n) is 17.5. The summed E-state index contributed by atoms with van der Waals surface area (Å²) in [6, 6.07) is 65.9. The summed E-state index contributed by atoms with van der Waals surface area (Å²) >= 11 is -1.86. The largest absolute Gasteiger partial charge is 0.501 e. The minimum absolute atomic E-state index is 0. The maximum atomic E-state index is 6.48. The van der Waals surface area contributed by atoms with E-state index in [0.717, 1.165) is 78.7 Å². The van der Waals surface area contributed by atoms with Crippen LogP contribution in [0, 0.1) is 18.1 Å². The van der Waals surface area contributed by atoms with Gasteiger partial charge in [0.2, 0.25) is 0 Å². The van der Waals surface area contributed by atoms with Gasteiger partial charge in [-0.15, -0.1) is 18.2 Å². The van der Waals surface area contributed by atoms with E-state index in [0.29, 0.717) is 5.92 Å². The molecule has 0 saturated heterocycles. The number of furan rings is 1. The summed E-state index contributed by atoms with van der Waals surface area (Å²) in [6.07, 6.45) is 3.27. The normalized spacial score (nSPS) is 11.7. The Labute approximate surface area is 385 Å². The molecular weight excluding hydrogens is 1010 g/mol. The molecule has 11 rings (SSSR count). The van der Waals surface area contributed by atoms with Gasteiger partial charge in [-0.05, 0) is 51.6 Å². The van der Waals surface area contributed by atoms with Crippen LogP contribution < -0.4 is 4.40 Å². The molecule has 0 unspecified atom stereocenters. The minimum atomic E-state index is -1.86. The van der Waals surface area contributed by atoms with Crippen LogP contribution in [0.4, 0.5) is 0 Å². The Morgan fingerprint density at radius 3 is 2.17 bits per heavy atom. The third-order valence-corrected chi connectivity index (χ3v) is 16.1. The van der Waals surface area contributed by atoms with Crippen LogP contribution in [0.25, 0.3) is 94.0 Å². The average molecular weight is 1050 g/mol. The van der Waals surface area contributed by atoms with Crippen molar-refractivity contribution in [1.82, 2.24) is 14.5 Å². The van der Waals surface area contributed by atoms with Crippen LogP contribution in [-0.4, -0.2) is 27.8 Å². The number of hydrogen-bond donors (Lipinski definition) is 0. The van der Waals surface area contributed by atoms with Crippen molar-refractivity contribution >= 4 is 72.2 Å². The predicted octanol–water partition coefficient (Wildman–Crippen LogP) is 14.7. The van der Waals surface area contributed by atoms with Crippen LogP contribution in [0.5, 0.6) is 0 Å². The van der Waals surface area contributed by atoms with E-state index >= 15 is 0 Å². The molecule has 8 aromatic carbocycles. The molecule has 0 aliphatic carbocycles. The Hall–Kier alpha value is -6.11. The van der Waals surface area contributed by atoms with Crippen molar-refractivity contribution in [3.05, 3.63) is 194 Å². The van der Waals surface area contributed by atoms with Gasteiger partial charge in [0.25, 0.3) is 0 Å². The molecule has 1 radical (unpaired) electrons. The van der Waals surface area contributed by atoms with E-state index in [1.54, 1.807) is 4.40 Å². The molecule has 0 amide bonds. The summed E-state index contributed by atoms with van der Waals surface area (Å²) in [4.78, 5) is 10.1. The zero-order valence-electron chi connectivity index (χ0n) is 36.1. The minimum Gasteiger partial charge on any atom is -0.501 e. The fraction of sp³-hybridized carbons (Fsp3) is 0.123. The topological polar surface area (TPSA) is 43.9 Å². The molecule has 0 spiro atoms. The van der Waals surface area contributed by atoms with Crippen LogP contribution in [-0.2, 0) is 26.5 Å². The summed E-state index contributed by atoms with van der Waals surface area (Å²) < 4.78 is 10.3. The van der Waals surface area contributed by atoms with E-state index in [9.17, 15) is 0 Å². The van der Waals surface area contributed by atoms with E-state index in [1.165, 1.54) is 27.3 Å². The number of imidazole rings is 1. The van der Waals surface area contributed by atoms with Gasteiger partial charge in [-0.25, -0.2) is 0 Å². The van der Waals surface area contributed by atoms with Crippen molar-refractivity contribution in [1.29, 1.82) is 0 Å². The Morgan fingerprint density at radius 2 is 1.38 bits per heavy atom. The molecule has 3 heterocycles. The SMILES string of the molecule is CC(C)Cc1cc(-c2[c-]cccc2)nc[c]1[Ge]([CH3])([CH3])[CH3].[Ir].[c-]1ccc2c(oc3ccccc32)c1-c1nc2c3ccc4ccccc4c3ccc2n1-c1cccc(-c2ccccc2)c1. The maximum absolute atomic E-state index is 6.48. The van der Waals surface area contributed by atoms with E-state index in [2.05, 4.69) is 181 Å². The Morgan fingerprint density at radius 1 is 0.635 bits per heavy atom. The van der Waals surface area contributed by atoms with Crippen molar-refractivity contribution in [3.8, 4) is 39.5 Å². The maximum Gasteiger partial charge on any atom is 0.120 e. The van der Waals surface area contributed by atoms with Gasteiger partial charge in [-0.3, -0.25) is 4.98 Å². The second kappa shape index (κ2) is 17.6. The fourth-order valence-corrected chi connectivity index (χ4v) is 12.2. The summed E-state index contributed by atoms with van der Waals surface area (Å²) in [5.74, 6) is 8.80. The molecule has 0 aliphatic rings. The van der Waals surface area contributed by atoms with Gasteiger partial charge in [-0.2, -0.15) is 0 Å². The standard InChI is InChI=1S/C39H23N2O.C18H24GeN.Ir/c1-2-10-25(11-3-1)27-13-8-14-28(24-27)41-35-23-22-30-29-15-5-4-12-26(29)20-21-32(30)37(35)40-39(41)34-18-9-17-33-31-16-6-7-19-36(31)42-38(33)34;1-14(2)11-16-12-18(15-9-7-6-8-10-15)20-13-17(16)19(3,4)5;/h1-17,19-24H;6-9,12-14H,11H2,1-5H3;/q2*-1;. The van der Waals surface area contributed by atoms with Crippen LogP contribution in [0.1, 0.15) is 19.4 Å². The molecule has 0 saturated carbocycles. The third kappa shape index (κ3) is 8.18. The first-order chi connectivity index (χ1) is 30.2. The zero-order chi connectivity index (χ0) is 42.4. The van der Waals surface area contributed by atoms with Gasteiger partial charge in [0.1, 0.15) is 5.58 Å². The smallest absolute Gasteiger partial charge is 0.120 e. The van der Waals surface area contributed by atoms with E-state index in [1.807, 2.05) is 42.5 Å². The summed E-state index contributed by atoms with van der Waals surface area (Å²) in [7, 11) is 0. The fourth-order valence-electron chi connectivity index (χ4n) is 8.85. The van der Waals surface area contributed by atoms with Crippen molar-refractivity contribution in [2.45, 2.75) is 37.5 Å². The van der Waals surface area contributed by atoms with Crippen molar-refractivity contribution in [3.63, 3.8) is 0 Å². The first kappa shape index (κ1) is 42.2. The monoisotopic (exact) mass is 1060 g/mol.